The van der Waals surface area contributed by atoms with Gasteiger partial charge in [-0.15, -0.1) is 0 Å². The van der Waals surface area contributed by atoms with Crippen LogP contribution in [0.5, 0.6) is 0 Å². The molecule has 1 aromatic carbocycles. The van der Waals surface area contributed by atoms with E-state index in [4.69, 9.17) is 10.2 Å². The van der Waals surface area contributed by atoms with Crippen LogP contribution < -0.4 is 11.4 Å². The Morgan fingerprint density at radius 1 is 1.33 bits per heavy atom. The first-order valence-electron chi connectivity index (χ1n) is 6.06. The third-order valence-electron chi connectivity index (χ3n) is 3.01. The molecule has 0 atom stereocenters. The summed E-state index contributed by atoms with van der Waals surface area (Å²) in [6, 6.07) is 7.80. The normalized spacial score (nSPS) is 11.0. The molecule has 0 unspecified atom stereocenters. The Labute approximate surface area is 127 Å². The highest BCUT2D eigenvalue weighted by molar-refractivity contribution is 9.10. The first-order valence-corrected chi connectivity index (χ1v) is 6.85. The Hall–Kier alpha value is -2.41. The summed E-state index contributed by atoms with van der Waals surface area (Å²) in [5, 5.41) is 4.71. The van der Waals surface area contributed by atoms with Crippen LogP contribution in [0.1, 0.15) is 5.69 Å². The molecule has 2 N–H and O–H groups in total. The lowest BCUT2D eigenvalue weighted by atomic mass is 10.1. The number of hydrogen-bond acceptors (Lipinski definition) is 4. The molecule has 2 heterocycles. The van der Waals surface area contributed by atoms with Gasteiger partial charge in [0.05, 0.1) is 17.0 Å². The molecule has 3 rings (SSSR count). The van der Waals surface area contributed by atoms with Crippen molar-refractivity contribution in [1.29, 1.82) is 0 Å². The molecule has 0 saturated carbocycles. The van der Waals surface area contributed by atoms with Gasteiger partial charge in [0.1, 0.15) is 5.58 Å². The Morgan fingerprint density at radius 2 is 2.10 bits per heavy atom. The molecule has 1 amide bonds. The number of primary amides is 1. The molecule has 21 heavy (non-hydrogen) atoms. The van der Waals surface area contributed by atoms with Crippen LogP contribution >= 0.6 is 15.9 Å². The number of hydrogen-bond donors (Lipinski definition) is 1. The molecule has 0 saturated heterocycles. The van der Waals surface area contributed by atoms with Gasteiger partial charge in [-0.2, -0.15) is 9.78 Å². The van der Waals surface area contributed by atoms with Gasteiger partial charge in [0.15, 0.2) is 0 Å². The monoisotopic (exact) mass is 347 g/mol. The van der Waals surface area contributed by atoms with Crippen LogP contribution in [0.25, 0.3) is 22.2 Å². The number of fused-ring (bicyclic) bond motifs is 1. The largest absolute Gasteiger partial charge is 0.422 e. The van der Waals surface area contributed by atoms with Gasteiger partial charge < -0.3 is 10.2 Å². The molecule has 7 heteroatoms. The zero-order valence-corrected chi connectivity index (χ0v) is 12.5. The molecule has 6 nitrogen and oxygen atoms in total. The predicted molar refractivity (Wildman–Crippen MR) is 81.1 cm³/mol. The average molecular weight is 348 g/mol. The first kappa shape index (κ1) is 13.6. The van der Waals surface area contributed by atoms with Gasteiger partial charge in [-0.05, 0) is 37.3 Å². The summed E-state index contributed by atoms with van der Waals surface area (Å²) >= 11 is 3.36. The Kier molecular flexibility index (Phi) is 3.13. The van der Waals surface area contributed by atoms with Crippen LogP contribution in [-0.4, -0.2) is 15.8 Å². The van der Waals surface area contributed by atoms with Crippen LogP contribution in [0.4, 0.5) is 4.79 Å². The van der Waals surface area contributed by atoms with Crippen LogP contribution in [0.2, 0.25) is 0 Å². The molecule has 0 spiro atoms. The maximum Gasteiger partial charge on any atom is 0.345 e. The summed E-state index contributed by atoms with van der Waals surface area (Å²) < 4.78 is 7.12. The fourth-order valence-corrected chi connectivity index (χ4v) is 2.51. The van der Waals surface area contributed by atoms with Crippen molar-refractivity contribution < 1.29 is 9.21 Å². The molecule has 0 radical (unpaired) electrons. The van der Waals surface area contributed by atoms with E-state index in [1.54, 1.807) is 31.2 Å². The van der Waals surface area contributed by atoms with E-state index in [1.807, 2.05) is 6.07 Å². The van der Waals surface area contributed by atoms with Crippen molar-refractivity contribution in [2.24, 2.45) is 5.73 Å². The number of nitrogens with two attached hydrogens (primary N) is 1. The number of nitrogens with zero attached hydrogens (tertiary/aromatic N) is 2. The topological polar surface area (TPSA) is 91.1 Å². The SMILES string of the molecule is Cc1cc(-c2cc3cc(Br)ccc3oc2=O)n(C(N)=O)n1. The van der Waals surface area contributed by atoms with Crippen LogP contribution in [-0.2, 0) is 0 Å². The van der Waals surface area contributed by atoms with Gasteiger partial charge >= 0.3 is 11.7 Å². The summed E-state index contributed by atoms with van der Waals surface area (Å²) in [5.74, 6) is 0. The second kappa shape index (κ2) is 4.85. The molecule has 2 aromatic heterocycles. The molecule has 106 valence electrons. The molecule has 3 aromatic rings. The van der Waals surface area contributed by atoms with Gasteiger partial charge in [-0.1, -0.05) is 15.9 Å². The van der Waals surface area contributed by atoms with E-state index in [-0.39, 0.29) is 5.56 Å². The smallest absolute Gasteiger partial charge is 0.345 e. The van der Waals surface area contributed by atoms with E-state index in [0.29, 0.717) is 17.0 Å². The molecule has 0 bridgehead atoms. The number of halogens is 1. The minimum atomic E-state index is -0.758. The van der Waals surface area contributed by atoms with Gasteiger partial charge in [-0.25, -0.2) is 9.59 Å². The predicted octanol–water partition coefficient (Wildman–Crippen LogP) is 2.65. The Morgan fingerprint density at radius 3 is 2.81 bits per heavy atom. The molecule has 0 aliphatic rings. The fourth-order valence-electron chi connectivity index (χ4n) is 2.13. The zero-order chi connectivity index (χ0) is 15.1. The van der Waals surface area contributed by atoms with Crippen molar-refractivity contribution in [2.45, 2.75) is 6.92 Å². The number of aromatic nitrogens is 2. The standard InChI is InChI=1S/C14H10BrN3O3/c1-7-4-11(18(17-7)14(16)20)10-6-8-5-9(15)2-3-12(8)21-13(10)19/h2-6H,1H3,(H2,16,20). The fraction of sp³-hybridized carbons (Fsp3) is 0.0714. The van der Waals surface area contributed by atoms with E-state index in [9.17, 15) is 9.59 Å². The van der Waals surface area contributed by atoms with Crippen molar-refractivity contribution in [3.05, 3.63) is 50.9 Å². The average Bonchev–Trinajstić information content (AvgIpc) is 2.80. The van der Waals surface area contributed by atoms with E-state index in [2.05, 4.69) is 21.0 Å². The van der Waals surface area contributed by atoms with Gasteiger partial charge in [0.25, 0.3) is 0 Å². The highest BCUT2D eigenvalue weighted by Crippen LogP contribution is 2.24. The molecular weight excluding hydrogens is 338 g/mol. The highest BCUT2D eigenvalue weighted by Gasteiger charge is 2.16. The number of benzene rings is 1. The van der Waals surface area contributed by atoms with E-state index in [0.717, 1.165) is 14.5 Å². The second-order valence-corrected chi connectivity index (χ2v) is 5.47. The number of rotatable bonds is 1. The summed E-state index contributed by atoms with van der Waals surface area (Å²) in [6.07, 6.45) is 0. The van der Waals surface area contributed by atoms with E-state index in [1.165, 1.54) is 0 Å². The Bertz CT molecular complexity index is 927. The lowest BCUT2D eigenvalue weighted by Crippen LogP contribution is -2.22. The third-order valence-corrected chi connectivity index (χ3v) is 3.50. The van der Waals surface area contributed by atoms with E-state index >= 15 is 0 Å². The quantitative estimate of drug-likeness (QED) is 0.685. The van der Waals surface area contributed by atoms with Crippen LogP contribution in [0.3, 0.4) is 0 Å². The number of aryl methyl sites for hydroxylation is 1. The number of amides is 1. The highest BCUT2D eigenvalue weighted by atomic mass is 79.9. The lowest BCUT2D eigenvalue weighted by molar-refractivity contribution is 0.248. The number of carbonyl (C=O) groups is 1. The number of carbonyl (C=O) groups excluding carboxylic acids is 1. The summed E-state index contributed by atoms with van der Waals surface area (Å²) in [4.78, 5) is 23.6. The first-order chi connectivity index (χ1) is 9.95. The maximum absolute atomic E-state index is 12.1. The van der Waals surface area contributed by atoms with Crippen molar-refractivity contribution in [1.82, 2.24) is 9.78 Å². The summed E-state index contributed by atoms with van der Waals surface area (Å²) in [5.41, 5.74) is 6.32. The molecule has 0 aliphatic carbocycles. The van der Waals surface area contributed by atoms with Gasteiger partial charge in [0.2, 0.25) is 0 Å². The lowest BCUT2D eigenvalue weighted by Gasteiger charge is -2.04. The van der Waals surface area contributed by atoms with Crippen molar-refractivity contribution in [2.75, 3.05) is 0 Å². The van der Waals surface area contributed by atoms with Gasteiger partial charge in [-0.3, -0.25) is 0 Å². The zero-order valence-electron chi connectivity index (χ0n) is 11.0. The maximum atomic E-state index is 12.1. The Balaban J connectivity index is 2.32. The minimum Gasteiger partial charge on any atom is -0.422 e. The van der Waals surface area contributed by atoms with Crippen LogP contribution in [0.15, 0.2) is 44.0 Å². The second-order valence-electron chi connectivity index (χ2n) is 4.55. The van der Waals surface area contributed by atoms with Gasteiger partial charge in [0, 0.05) is 9.86 Å². The third kappa shape index (κ3) is 2.36. The molecule has 0 aliphatic heterocycles. The summed E-state index contributed by atoms with van der Waals surface area (Å²) in [7, 11) is 0. The van der Waals surface area contributed by atoms with E-state index < -0.39 is 11.7 Å². The molecule has 0 fully saturated rings. The minimum absolute atomic E-state index is 0.236. The van der Waals surface area contributed by atoms with Crippen LogP contribution in [0, 0.1) is 6.92 Å². The molecular formula is C14H10BrN3O3. The summed E-state index contributed by atoms with van der Waals surface area (Å²) in [6.45, 7) is 1.71. The van der Waals surface area contributed by atoms with Crippen molar-refractivity contribution >= 4 is 32.9 Å². The van der Waals surface area contributed by atoms with Crippen molar-refractivity contribution in [3.63, 3.8) is 0 Å². The van der Waals surface area contributed by atoms with Crippen molar-refractivity contribution in [3.8, 4) is 11.3 Å².